The summed E-state index contributed by atoms with van der Waals surface area (Å²) in [5, 5.41) is 5.26. The second kappa shape index (κ2) is 11.8. The molecule has 1 fully saturated rings. The molecule has 0 atom stereocenters. The summed E-state index contributed by atoms with van der Waals surface area (Å²) in [6.07, 6.45) is 1.25. The van der Waals surface area contributed by atoms with Crippen molar-refractivity contribution in [3.63, 3.8) is 0 Å². The van der Waals surface area contributed by atoms with Crippen LogP contribution in [0.1, 0.15) is 11.1 Å². The lowest BCUT2D eigenvalue weighted by Crippen LogP contribution is -2.54. The fourth-order valence-corrected chi connectivity index (χ4v) is 4.27. The number of nitrogens with one attached hydrogen (secondary N) is 2. The lowest BCUT2D eigenvalue weighted by atomic mass is 10.1. The molecule has 0 saturated carbocycles. The van der Waals surface area contributed by atoms with Crippen molar-refractivity contribution in [1.29, 1.82) is 0 Å². The number of benzene rings is 3. The first-order chi connectivity index (χ1) is 18.6. The van der Waals surface area contributed by atoms with Crippen molar-refractivity contribution >= 4 is 76.0 Å². The summed E-state index contributed by atoms with van der Waals surface area (Å²) < 4.78 is 11.0. The molecule has 1 aliphatic heterocycles. The number of urea groups is 1. The molecule has 200 valence electrons. The van der Waals surface area contributed by atoms with Gasteiger partial charge in [0, 0.05) is 5.69 Å². The molecule has 12 heteroatoms. The second-order valence-electron chi connectivity index (χ2n) is 8.30. The van der Waals surface area contributed by atoms with E-state index in [1.807, 2.05) is 25.1 Å². The number of hydrogen-bond donors (Lipinski definition) is 2. The van der Waals surface area contributed by atoms with Crippen LogP contribution in [0.25, 0.3) is 6.08 Å². The molecule has 3 aromatic carbocycles. The van der Waals surface area contributed by atoms with Crippen LogP contribution in [0.4, 0.5) is 16.2 Å². The van der Waals surface area contributed by atoms with Gasteiger partial charge in [-0.25, -0.2) is 9.69 Å². The van der Waals surface area contributed by atoms with Crippen molar-refractivity contribution in [3.05, 3.63) is 86.4 Å². The van der Waals surface area contributed by atoms with Crippen LogP contribution in [0, 0.1) is 6.92 Å². The summed E-state index contributed by atoms with van der Waals surface area (Å²) in [6.45, 7) is 1.55. The first-order valence-corrected chi connectivity index (χ1v) is 12.4. The number of barbiturate groups is 1. The van der Waals surface area contributed by atoms with Crippen LogP contribution in [0.15, 0.2) is 60.2 Å². The summed E-state index contributed by atoms with van der Waals surface area (Å²) in [4.78, 5) is 51.3. The van der Waals surface area contributed by atoms with Crippen LogP contribution in [-0.2, 0) is 14.4 Å². The van der Waals surface area contributed by atoms with Crippen molar-refractivity contribution in [3.8, 4) is 11.5 Å². The van der Waals surface area contributed by atoms with Gasteiger partial charge in [-0.05, 0) is 66.6 Å². The summed E-state index contributed by atoms with van der Waals surface area (Å²) in [5.74, 6) is -1.96. The van der Waals surface area contributed by atoms with Gasteiger partial charge in [0.1, 0.15) is 5.57 Å². The molecule has 2 N–H and O–H groups in total. The molecule has 9 nitrogen and oxygen atoms in total. The third-order valence-corrected chi connectivity index (χ3v) is 6.50. The van der Waals surface area contributed by atoms with Gasteiger partial charge in [-0.2, -0.15) is 0 Å². The first kappa shape index (κ1) is 28.0. The maximum atomic E-state index is 13.2. The number of anilines is 2. The number of rotatable bonds is 7. The van der Waals surface area contributed by atoms with E-state index in [1.54, 1.807) is 6.07 Å². The van der Waals surface area contributed by atoms with Gasteiger partial charge in [-0.1, -0.05) is 46.9 Å². The number of methoxy groups -OCH3 is 1. The Kier molecular flexibility index (Phi) is 8.44. The standard InChI is InChI=1S/C27H20Cl3N3O6/c1-14-4-3-5-16(8-14)31-23(34)13-39-24-21(30)10-15(11-22(24)38-2)9-18-25(35)32-27(37)33(26(18)36)17-6-7-19(28)20(29)12-17/h3-12H,13H2,1-2H3,(H,31,34)(H,32,35,37)/b18-9+. The van der Waals surface area contributed by atoms with Crippen molar-refractivity contribution in [2.45, 2.75) is 6.92 Å². The Morgan fingerprint density at radius 1 is 1.00 bits per heavy atom. The van der Waals surface area contributed by atoms with Gasteiger partial charge >= 0.3 is 6.03 Å². The minimum atomic E-state index is -0.941. The summed E-state index contributed by atoms with van der Waals surface area (Å²) in [7, 11) is 1.37. The fourth-order valence-electron chi connectivity index (χ4n) is 3.70. The Morgan fingerprint density at radius 2 is 1.77 bits per heavy atom. The number of halogens is 3. The third-order valence-electron chi connectivity index (χ3n) is 5.48. The van der Waals surface area contributed by atoms with Gasteiger partial charge in [0.2, 0.25) is 0 Å². The lowest BCUT2D eigenvalue weighted by Gasteiger charge is -2.26. The van der Waals surface area contributed by atoms with E-state index < -0.39 is 23.8 Å². The molecule has 0 spiro atoms. The minimum Gasteiger partial charge on any atom is -0.493 e. The van der Waals surface area contributed by atoms with E-state index in [2.05, 4.69) is 10.6 Å². The minimum absolute atomic E-state index is 0.0608. The normalized spacial score (nSPS) is 14.3. The highest BCUT2D eigenvalue weighted by atomic mass is 35.5. The van der Waals surface area contributed by atoms with Gasteiger partial charge in [0.25, 0.3) is 17.7 Å². The molecule has 5 amide bonds. The van der Waals surface area contributed by atoms with Crippen molar-refractivity contribution in [2.75, 3.05) is 23.9 Å². The number of amides is 5. The molecular weight excluding hydrogens is 569 g/mol. The number of carbonyl (C=O) groups is 4. The molecule has 0 aliphatic carbocycles. The van der Waals surface area contributed by atoms with Gasteiger partial charge < -0.3 is 14.8 Å². The summed E-state index contributed by atoms with van der Waals surface area (Å²) >= 11 is 18.4. The molecular formula is C27H20Cl3N3O6. The maximum Gasteiger partial charge on any atom is 0.335 e. The van der Waals surface area contributed by atoms with E-state index in [0.29, 0.717) is 11.3 Å². The molecule has 4 rings (SSSR count). The Balaban J connectivity index is 1.57. The number of nitrogens with zero attached hydrogens (tertiary/aromatic N) is 1. The van der Waals surface area contributed by atoms with Crippen molar-refractivity contribution in [1.82, 2.24) is 5.32 Å². The third kappa shape index (κ3) is 6.34. The zero-order chi connectivity index (χ0) is 28.3. The van der Waals surface area contributed by atoms with Gasteiger partial charge in [-0.3, -0.25) is 19.7 Å². The SMILES string of the molecule is COc1cc(/C=C2\C(=O)NC(=O)N(c3ccc(Cl)c(Cl)c3)C2=O)cc(Cl)c1OCC(=O)Nc1cccc(C)c1. The molecule has 0 aromatic heterocycles. The topological polar surface area (TPSA) is 114 Å². The predicted molar refractivity (Wildman–Crippen MR) is 149 cm³/mol. The number of hydrogen-bond acceptors (Lipinski definition) is 6. The highest BCUT2D eigenvalue weighted by Gasteiger charge is 2.37. The van der Waals surface area contributed by atoms with E-state index in [0.717, 1.165) is 10.5 Å². The Bertz CT molecular complexity index is 1540. The van der Waals surface area contributed by atoms with E-state index in [9.17, 15) is 19.2 Å². The highest BCUT2D eigenvalue weighted by Crippen LogP contribution is 2.37. The predicted octanol–water partition coefficient (Wildman–Crippen LogP) is 5.65. The summed E-state index contributed by atoms with van der Waals surface area (Å²) in [5.41, 5.74) is 1.68. The molecule has 1 aliphatic rings. The zero-order valence-electron chi connectivity index (χ0n) is 20.5. The van der Waals surface area contributed by atoms with Crippen LogP contribution in [0.2, 0.25) is 15.1 Å². The highest BCUT2D eigenvalue weighted by molar-refractivity contribution is 6.43. The molecule has 39 heavy (non-hydrogen) atoms. The number of imide groups is 2. The molecule has 0 unspecified atom stereocenters. The fraction of sp³-hybridized carbons (Fsp3) is 0.111. The Morgan fingerprint density at radius 3 is 2.46 bits per heavy atom. The average Bonchev–Trinajstić information content (AvgIpc) is 2.87. The molecule has 0 bridgehead atoms. The van der Waals surface area contributed by atoms with Crippen LogP contribution in [0.3, 0.4) is 0 Å². The Labute approximate surface area is 238 Å². The lowest BCUT2D eigenvalue weighted by molar-refractivity contribution is -0.122. The quantitative estimate of drug-likeness (QED) is 0.272. The molecule has 0 radical (unpaired) electrons. The summed E-state index contributed by atoms with van der Waals surface area (Å²) in [6, 6.07) is 13.4. The average molecular weight is 589 g/mol. The van der Waals surface area contributed by atoms with Crippen molar-refractivity contribution < 1.29 is 28.7 Å². The monoisotopic (exact) mass is 587 g/mol. The number of ether oxygens (including phenoxy) is 2. The van der Waals surface area contributed by atoms with E-state index >= 15 is 0 Å². The molecule has 1 saturated heterocycles. The van der Waals surface area contributed by atoms with Gasteiger partial charge in [0.05, 0.1) is 27.9 Å². The number of aryl methyl sites for hydroxylation is 1. The van der Waals surface area contributed by atoms with Gasteiger partial charge in [0.15, 0.2) is 18.1 Å². The molecule has 3 aromatic rings. The van der Waals surface area contributed by atoms with Crippen LogP contribution >= 0.6 is 34.8 Å². The van der Waals surface area contributed by atoms with Gasteiger partial charge in [-0.15, -0.1) is 0 Å². The first-order valence-electron chi connectivity index (χ1n) is 11.3. The second-order valence-corrected chi connectivity index (χ2v) is 9.52. The van der Waals surface area contributed by atoms with E-state index in [-0.39, 0.29) is 44.4 Å². The largest absolute Gasteiger partial charge is 0.493 e. The van der Waals surface area contributed by atoms with E-state index in [4.69, 9.17) is 44.3 Å². The zero-order valence-corrected chi connectivity index (χ0v) is 22.8. The molecule has 1 heterocycles. The maximum absolute atomic E-state index is 13.2. The van der Waals surface area contributed by atoms with Crippen LogP contribution in [0.5, 0.6) is 11.5 Å². The van der Waals surface area contributed by atoms with E-state index in [1.165, 1.54) is 43.5 Å². The van der Waals surface area contributed by atoms with Crippen LogP contribution in [-0.4, -0.2) is 37.5 Å². The van der Waals surface area contributed by atoms with Crippen LogP contribution < -0.4 is 25.0 Å². The van der Waals surface area contributed by atoms with Crippen molar-refractivity contribution in [2.24, 2.45) is 0 Å². The smallest absolute Gasteiger partial charge is 0.335 e. The Hall–Kier alpha value is -4.05. The number of carbonyl (C=O) groups excluding carboxylic acids is 4.